The van der Waals surface area contributed by atoms with Gasteiger partial charge in [-0.15, -0.1) is 24.0 Å². The van der Waals surface area contributed by atoms with E-state index in [0.717, 1.165) is 37.9 Å². The molecule has 2 aromatic rings. The van der Waals surface area contributed by atoms with Crippen molar-refractivity contribution in [2.75, 3.05) is 33.3 Å². The molecule has 0 amide bonds. The first kappa shape index (κ1) is 23.7. The van der Waals surface area contributed by atoms with Crippen LogP contribution in [0.5, 0.6) is 0 Å². The van der Waals surface area contributed by atoms with Crippen LogP contribution in [-0.4, -0.2) is 44.1 Å². The number of furan rings is 1. The molecule has 0 saturated carbocycles. The lowest BCUT2D eigenvalue weighted by Crippen LogP contribution is -2.42. The third-order valence-electron chi connectivity index (χ3n) is 5.01. The summed E-state index contributed by atoms with van der Waals surface area (Å²) in [4.78, 5) is 7.24. The van der Waals surface area contributed by atoms with Crippen LogP contribution in [0, 0.1) is 0 Å². The first-order valence-corrected chi connectivity index (χ1v) is 10.2. The zero-order chi connectivity index (χ0) is 19.6. The number of hydrogen-bond donors (Lipinski definition) is 2. The molecule has 0 spiro atoms. The Morgan fingerprint density at radius 3 is 2.48 bits per heavy atom. The largest absolute Gasteiger partial charge is 0.468 e. The van der Waals surface area contributed by atoms with Crippen LogP contribution in [0.1, 0.15) is 42.7 Å². The molecule has 0 radical (unpaired) electrons. The van der Waals surface area contributed by atoms with Crippen LogP contribution in [-0.2, 0) is 17.9 Å². The minimum absolute atomic E-state index is 0. The molecule has 6 nitrogen and oxygen atoms in total. The van der Waals surface area contributed by atoms with Crippen molar-refractivity contribution in [3.63, 3.8) is 0 Å². The average Bonchev–Trinajstić information content (AvgIpc) is 3.42. The molecule has 2 N–H and O–H groups in total. The van der Waals surface area contributed by atoms with Crippen LogP contribution in [0.4, 0.5) is 0 Å². The maximum absolute atomic E-state index is 5.71. The highest BCUT2D eigenvalue weighted by Gasteiger charge is 2.25. The number of aliphatic imine (C=N–C) groups is 1. The molecule has 1 unspecified atom stereocenters. The molecule has 29 heavy (non-hydrogen) atoms. The molecule has 1 fully saturated rings. The summed E-state index contributed by atoms with van der Waals surface area (Å²) in [6.45, 7) is 7.19. The number of methoxy groups -OCH3 is 1. The van der Waals surface area contributed by atoms with Gasteiger partial charge >= 0.3 is 0 Å². The van der Waals surface area contributed by atoms with Crippen molar-refractivity contribution < 1.29 is 9.15 Å². The highest BCUT2D eigenvalue weighted by atomic mass is 127. The average molecular weight is 512 g/mol. The first-order valence-electron chi connectivity index (χ1n) is 10.2. The fraction of sp³-hybridized carbons (Fsp3) is 0.500. The van der Waals surface area contributed by atoms with Crippen molar-refractivity contribution in [1.29, 1.82) is 0 Å². The van der Waals surface area contributed by atoms with E-state index in [-0.39, 0.29) is 30.0 Å². The summed E-state index contributed by atoms with van der Waals surface area (Å²) in [6.07, 6.45) is 4.26. The van der Waals surface area contributed by atoms with E-state index in [2.05, 4.69) is 52.8 Å². The third-order valence-corrected chi connectivity index (χ3v) is 5.01. The second-order valence-electron chi connectivity index (χ2n) is 7.10. The minimum atomic E-state index is 0. The highest BCUT2D eigenvalue weighted by molar-refractivity contribution is 14.0. The molecule has 1 aliphatic rings. The van der Waals surface area contributed by atoms with E-state index in [1.54, 1.807) is 13.4 Å². The van der Waals surface area contributed by atoms with Gasteiger partial charge in [0.05, 0.1) is 25.5 Å². The molecular weight excluding hydrogens is 479 g/mol. The van der Waals surface area contributed by atoms with Crippen LogP contribution in [0.3, 0.4) is 0 Å². The monoisotopic (exact) mass is 512 g/mol. The Morgan fingerprint density at radius 2 is 1.86 bits per heavy atom. The summed E-state index contributed by atoms with van der Waals surface area (Å²) in [6, 6.07) is 12.7. The van der Waals surface area contributed by atoms with Crippen molar-refractivity contribution in [3.05, 3.63) is 59.5 Å². The van der Waals surface area contributed by atoms with Gasteiger partial charge in [-0.3, -0.25) is 4.90 Å². The van der Waals surface area contributed by atoms with E-state index < -0.39 is 0 Å². The van der Waals surface area contributed by atoms with Gasteiger partial charge in [-0.25, -0.2) is 4.99 Å². The number of guanidine groups is 1. The standard InChI is InChI=1S/C22H32N4O2.HI/c1-3-23-22(24-15-18-8-10-19(11-9-18)17-27-2)25-16-20(21-7-6-14-28-21)26-12-4-5-13-26;/h6-11,14,20H,3-5,12-13,15-17H2,1-2H3,(H2,23,24,25);1H. The van der Waals surface area contributed by atoms with E-state index in [1.807, 2.05) is 6.07 Å². The van der Waals surface area contributed by atoms with Crippen molar-refractivity contribution in [1.82, 2.24) is 15.5 Å². The van der Waals surface area contributed by atoms with Crippen LogP contribution in [0.25, 0.3) is 0 Å². The van der Waals surface area contributed by atoms with Gasteiger partial charge in [-0.1, -0.05) is 24.3 Å². The second kappa shape index (κ2) is 12.9. The molecule has 7 heteroatoms. The van der Waals surface area contributed by atoms with Crippen LogP contribution < -0.4 is 10.6 Å². The predicted octanol–water partition coefficient (Wildman–Crippen LogP) is 3.94. The Kier molecular flexibility index (Phi) is 10.5. The van der Waals surface area contributed by atoms with Gasteiger partial charge in [-0.2, -0.15) is 0 Å². The summed E-state index contributed by atoms with van der Waals surface area (Å²) in [5, 5.41) is 6.85. The predicted molar refractivity (Wildman–Crippen MR) is 128 cm³/mol. The second-order valence-corrected chi connectivity index (χ2v) is 7.10. The molecule has 0 bridgehead atoms. The summed E-state index contributed by atoms with van der Waals surface area (Å²) in [5.74, 6) is 1.85. The van der Waals surface area contributed by atoms with Gasteiger partial charge in [0.2, 0.25) is 0 Å². The van der Waals surface area contributed by atoms with E-state index in [0.29, 0.717) is 13.2 Å². The fourth-order valence-electron chi connectivity index (χ4n) is 3.56. The molecule has 1 aromatic heterocycles. The molecule has 160 valence electrons. The minimum Gasteiger partial charge on any atom is -0.468 e. The van der Waals surface area contributed by atoms with Crippen LogP contribution >= 0.6 is 24.0 Å². The lowest BCUT2D eigenvalue weighted by molar-refractivity contribution is 0.185. The van der Waals surface area contributed by atoms with Gasteiger partial charge in [0.1, 0.15) is 5.76 Å². The third kappa shape index (κ3) is 7.31. The van der Waals surface area contributed by atoms with E-state index in [4.69, 9.17) is 14.1 Å². The summed E-state index contributed by atoms with van der Waals surface area (Å²) in [5.41, 5.74) is 2.35. The number of hydrogen-bond acceptors (Lipinski definition) is 4. The summed E-state index contributed by atoms with van der Waals surface area (Å²) >= 11 is 0. The fourth-order valence-corrected chi connectivity index (χ4v) is 3.56. The molecular formula is C22H33IN4O2. The number of likely N-dealkylation sites (tertiary alicyclic amines) is 1. The molecule has 0 aliphatic carbocycles. The zero-order valence-electron chi connectivity index (χ0n) is 17.4. The first-order chi connectivity index (χ1) is 13.8. The van der Waals surface area contributed by atoms with E-state index in [9.17, 15) is 0 Å². The molecule has 1 aliphatic heterocycles. The van der Waals surface area contributed by atoms with Crippen molar-refractivity contribution in [2.45, 2.75) is 39.0 Å². The quantitative estimate of drug-likeness (QED) is 0.303. The van der Waals surface area contributed by atoms with Crippen molar-refractivity contribution in [3.8, 4) is 0 Å². The Labute approximate surface area is 191 Å². The molecule has 2 heterocycles. The normalized spacial score (nSPS) is 15.7. The van der Waals surface area contributed by atoms with Crippen LogP contribution in [0.15, 0.2) is 52.1 Å². The number of nitrogens with zero attached hydrogens (tertiary/aromatic N) is 2. The summed E-state index contributed by atoms with van der Waals surface area (Å²) in [7, 11) is 1.71. The number of halogens is 1. The molecule has 1 saturated heterocycles. The SMILES string of the molecule is CCNC(=NCc1ccc(COC)cc1)NCC(c1ccco1)N1CCCC1.I. The van der Waals surface area contributed by atoms with Crippen LogP contribution in [0.2, 0.25) is 0 Å². The van der Waals surface area contributed by atoms with E-state index in [1.165, 1.54) is 24.0 Å². The van der Waals surface area contributed by atoms with Gasteiger partial charge in [0.25, 0.3) is 0 Å². The smallest absolute Gasteiger partial charge is 0.191 e. The van der Waals surface area contributed by atoms with E-state index >= 15 is 0 Å². The van der Waals surface area contributed by atoms with Gasteiger partial charge < -0.3 is 19.8 Å². The number of benzene rings is 1. The number of rotatable bonds is 9. The topological polar surface area (TPSA) is 62.0 Å². The Hall–Kier alpha value is -1.58. The lowest BCUT2D eigenvalue weighted by atomic mass is 10.1. The lowest BCUT2D eigenvalue weighted by Gasteiger charge is -2.26. The van der Waals surface area contributed by atoms with Crippen molar-refractivity contribution >= 4 is 29.9 Å². The number of ether oxygens (including phenoxy) is 1. The van der Waals surface area contributed by atoms with Crippen molar-refractivity contribution in [2.24, 2.45) is 4.99 Å². The Bertz CT molecular complexity index is 713. The maximum Gasteiger partial charge on any atom is 0.191 e. The molecule has 3 rings (SSSR count). The zero-order valence-corrected chi connectivity index (χ0v) is 19.7. The highest BCUT2D eigenvalue weighted by Crippen LogP contribution is 2.24. The van der Waals surface area contributed by atoms with Gasteiger partial charge in [0, 0.05) is 20.2 Å². The Balaban J connectivity index is 0.00000300. The Morgan fingerprint density at radius 1 is 1.14 bits per heavy atom. The number of nitrogens with one attached hydrogen (secondary N) is 2. The molecule has 1 atom stereocenters. The summed E-state index contributed by atoms with van der Waals surface area (Å²) < 4.78 is 10.9. The van der Waals surface area contributed by atoms with Gasteiger partial charge in [0.15, 0.2) is 5.96 Å². The molecule has 1 aromatic carbocycles. The maximum atomic E-state index is 5.71. The van der Waals surface area contributed by atoms with Gasteiger partial charge in [-0.05, 0) is 56.1 Å².